The molecule has 1 saturated carbocycles. The topological polar surface area (TPSA) is 24.5 Å². The minimum atomic E-state index is 0.450. The van der Waals surface area contributed by atoms with Crippen LogP contribution in [0, 0.1) is 11.3 Å². The molecule has 0 aromatic carbocycles. The Morgan fingerprint density at radius 3 is 2.68 bits per heavy atom. The number of rotatable bonds is 6. The van der Waals surface area contributed by atoms with Gasteiger partial charge in [-0.15, -0.1) is 0 Å². The molecule has 1 aliphatic carbocycles. The monoisotopic (exact) mass is 268 g/mol. The lowest BCUT2D eigenvalue weighted by Gasteiger charge is -2.33. The summed E-state index contributed by atoms with van der Waals surface area (Å²) in [6, 6.07) is 0.671. The second-order valence-electron chi connectivity index (χ2n) is 7.18. The fraction of sp³-hybridized carbons (Fsp3) is 1.00. The predicted octanol–water partition coefficient (Wildman–Crippen LogP) is 2.51. The highest BCUT2D eigenvalue weighted by molar-refractivity contribution is 4.96. The molecule has 112 valence electrons. The third-order valence-corrected chi connectivity index (χ3v) is 4.98. The first kappa shape index (κ1) is 15.3. The van der Waals surface area contributed by atoms with Crippen LogP contribution in [0.1, 0.15) is 46.5 Å². The van der Waals surface area contributed by atoms with E-state index in [4.69, 9.17) is 4.74 Å². The first-order valence-corrected chi connectivity index (χ1v) is 8.06. The van der Waals surface area contributed by atoms with Crippen LogP contribution in [0.2, 0.25) is 0 Å². The molecule has 2 aliphatic rings. The number of nitrogens with one attached hydrogen (secondary N) is 1. The van der Waals surface area contributed by atoms with Crippen molar-refractivity contribution in [2.75, 3.05) is 33.3 Å². The maximum Gasteiger partial charge on any atom is 0.0702 e. The largest absolute Gasteiger partial charge is 0.377 e. The zero-order valence-electron chi connectivity index (χ0n) is 13.2. The van der Waals surface area contributed by atoms with Crippen molar-refractivity contribution in [2.45, 2.75) is 58.6 Å². The molecule has 3 unspecified atom stereocenters. The van der Waals surface area contributed by atoms with E-state index in [0.717, 1.165) is 25.6 Å². The van der Waals surface area contributed by atoms with Crippen molar-refractivity contribution in [1.82, 2.24) is 10.2 Å². The van der Waals surface area contributed by atoms with Crippen LogP contribution in [-0.2, 0) is 4.74 Å². The van der Waals surface area contributed by atoms with Crippen LogP contribution in [0.25, 0.3) is 0 Å². The lowest BCUT2D eigenvalue weighted by Crippen LogP contribution is -2.45. The Hall–Kier alpha value is -0.120. The van der Waals surface area contributed by atoms with E-state index in [-0.39, 0.29) is 0 Å². The highest BCUT2D eigenvalue weighted by atomic mass is 16.5. The van der Waals surface area contributed by atoms with Crippen LogP contribution < -0.4 is 5.32 Å². The van der Waals surface area contributed by atoms with Gasteiger partial charge in [0.25, 0.3) is 0 Å². The molecule has 1 N–H and O–H groups in total. The van der Waals surface area contributed by atoms with Crippen molar-refractivity contribution in [3.05, 3.63) is 0 Å². The fourth-order valence-corrected chi connectivity index (χ4v) is 3.99. The molecule has 0 amide bonds. The normalized spacial score (nSPS) is 34.3. The summed E-state index contributed by atoms with van der Waals surface area (Å²) < 4.78 is 5.75. The Bertz CT molecular complexity index is 274. The molecule has 0 spiro atoms. The zero-order valence-corrected chi connectivity index (χ0v) is 13.2. The van der Waals surface area contributed by atoms with Gasteiger partial charge in [-0.25, -0.2) is 0 Å². The second kappa shape index (κ2) is 6.55. The van der Waals surface area contributed by atoms with E-state index in [1.165, 1.54) is 32.2 Å². The van der Waals surface area contributed by atoms with Crippen molar-refractivity contribution in [2.24, 2.45) is 11.3 Å². The molecule has 3 nitrogen and oxygen atoms in total. The van der Waals surface area contributed by atoms with Gasteiger partial charge in [0.15, 0.2) is 0 Å². The highest BCUT2D eigenvalue weighted by Gasteiger charge is 2.41. The Morgan fingerprint density at radius 2 is 2.05 bits per heavy atom. The molecule has 0 bridgehead atoms. The molecule has 19 heavy (non-hydrogen) atoms. The zero-order chi connectivity index (χ0) is 13.9. The molecule has 0 radical (unpaired) electrons. The summed E-state index contributed by atoms with van der Waals surface area (Å²) in [5.41, 5.74) is 0.450. The van der Waals surface area contributed by atoms with Crippen LogP contribution in [0.4, 0.5) is 0 Å². The summed E-state index contributed by atoms with van der Waals surface area (Å²) in [6.07, 6.45) is 5.69. The molecular formula is C16H32N2O. The van der Waals surface area contributed by atoms with E-state index < -0.39 is 0 Å². The number of likely N-dealkylation sites (N-methyl/N-ethyl adjacent to an activating group) is 1. The quantitative estimate of drug-likeness (QED) is 0.801. The average molecular weight is 268 g/mol. The average Bonchev–Trinajstić information content (AvgIpc) is 2.92. The molecule has 1 saturated heterocycles. The van der Waals surface area contributed by atoms with Gasteiger partial charge in [-0.3, -0.25) is 0 Å². The van der Waals surface area contributed by atoms with Crippen molar-refractivity contribution in [3.63, 3.8) is 0 Å². The minimum Gasteiger partial charge on any atom is -0.377 e. The van der Waals surface area contributed by atoms with Gasteiger partial charge >= 0.3 is 0 Å². The van der Waals surface area contributed by atoms with Gasteiger partial charge in [0.2, 0.25) is 0 Å². The van der Waals surface area contributed by atoms with E-state index in [0.29, 0.717) is 17.6 Å². The molecule has 2 fully saturated rings. The van der Waals surface area contributed by atoms with E-state index in [2.05, 4.69) is 38.0 Å². The van der Waals surface area contributed by atoms with Gasteiger partial charge in [-0.05, 0) is 50.6 Å². The maximum absolute atomic E-state index is 5.75. The SMILES string of the molecule is CCNC1C(CN(C)CC2CCCO2)CCC1(C)C. The minimum absolute atomic E-state index is 0.450. The molecule has 3 heteroatoms. The van der Waals surface area contributed by atoms with Crippen molar-refractivity contribution >= 4 is 0 Å². The fourth-order valence-electron chi connectivity index (χ4n) is 3.99. The standard InChI is InChI=1S/C16H32N2O/c1-5-17-15-13(8-9-16(15,2)3)11-18(4)12-14-7-6-10-19-14/h13-15,17H,5-12H2,1-4H3. The Kier molecular flexibility index (Phi) is 5.27. The van der Waals surface area contributed by atoms with Crippen LogP contribution in [0.5, 0.6) is 0 Å². The van der Waals surface area contributed by atoms with Crippen LogP contribution in [-0.4, -0.2) is 50.3 Å². The van der Waals surface area contributed by atoms with Gasteiger partial charge in [0.05, 0.1) is 6.10 Å². The van der Waals surface area contributed by atoms with Gasteiger partial charge in [0, 0.05) is 25.7 Å². The first-order valence-electron chi connectivity index (χ1n) is 8.06. The summed E-state index contributed by atoms with van der Waals surface area (Å²) in [5, 5.41) is 3.73. The maximum atomic E-state index is 5.75. The van der Waals surface area contributed by atoms with Crippen molar-refractivity contribution in [3.8, 4) is 0 Å². The van der Waals surface area contributed by atoms with Crippen molar-refractivity contribution in [1.29, 1.82) is 0 Å². The van der Waals surface area contributed by atoms with E-state index >= 15 is 0 Å². The van der Waals surface area contributed by atoms with Gasteiger partial charge in [0.1, 0.15) is 0 Å². The molecular weight excluding hydrogens is 236 g/mol. The summed E-state index contributed by atoms with van der Waals surface area (Å²) in [7, 11) is 2.26. The molecule has 0 aromatic heterocycles. The van der Waals surface area contributed by atoms with E-state index in [1.807, 2.05) is 0 Å². The summed E-state index contributed by atoms with van der Waals surface area (Å²) >= 11 is 0. The highest BCUT2D eigenvalue weighted by Crippen LogP contribution is 2.41. The van der Waals surface area contributed by atoms with E-state index in [9.17, 15) is 0 Å². The summed E-state index contributed by atoms with van der Waals surface area (Å²) in [5.74, 6) is 0.793. The van der Waals surface area contributed by atoms with Gasteiger partial charge in [-0.2, -0.15) is 0 Å². The van der Waals surface area contributed by atoms with Gasteiger partial charge in [-0.1, -0.05) is 20.8 Å². The van der Waals surface area contributed by atoms with Gasteiger partial charge < -0.3 is 15.0 Å². The number of hydrogen-bond acceptors (Lipinski definition) is 3. The third-order valence-electron chi connectivity index (χ3n) is 4.98. The summed E-state index contributed by atoms with van der Waals surface area (Å²) in [6.45, 7) is 11.4. The Morgan fingerprint density at radius 1 is 1.26 bits per heavy atom. The molecule has 3 atom stereocenters. The molecule has 2 rings (SSSR count). The Balaban J connectivity index is 1.83. The molecule has 1 heterocycles. The lowest BCUT2D eigenvalue weighted by molar-refractivity contribution is 0.0740. The number of nitrogens with zero attached hydrogens (tertiary/aromatic N) is 1. The second-order valence-corrected chi connectivity index (χ2v) is 7.18. The third kappa shape index (κ3) is 3.93. The Labute approximate surface area is 119 Å². The van der Waals surface area contributed by atoms with Crippen LogP contribution in [0.3, 0.4) is 0 Å². The smallest absolute Gasteiger partial charge is 0.0702 e. The molecule has 0 aromatic rings. The van der Waals surface area contributed by atoms with Crippen LogP contribution in [0.15, 0.2) is 0 Å². The number of hydrogen-bond donors (Lipinski definition) is 1. The van der Waals surface area contributed by atoms with Crippen LogP contribution >= 0.6 is 0 Å². The summed E-state index contributed by atoms with van der Waals surface area (Å²) in [4.78, 5) is 2.49. The molecule has 1 aliphatic heterocycles. The predicted molar refractivity (Wildman–Crippen MR) is 80.4 cm³/mol. The first-order chi connectivity index (χ1) is 9.03. The lowest BCUT2D eigenvalue weighted by atomic mass is 9.84. The van der Waals surface area contributed by atoms with Crippen molar-refractivity contribution < 1.29 is 4.74 Å². The number of ether oxygens (including phenoxy) is 1. The van der Waals surface area contributed by atoms with E-state index in [1.54, 1.807) is 0 Å².